The van der Waals surface area contributed by atoms with Gasteiger partial charge in [-0.05, 0) is 38.1 Å². The average Bonchev–Trinajstić information content (AvgIpc) is 3.41. The van der Waals surface area contributed by atoms with E-state index in [2.05, 4.69) is 34.0 Å². The van der Waals surface area contributed by atoms with Crippen molar-refractivity contribution in [1.82, 2.24) is 25.1 Å². The van der Waals surface area contributed by atoms with E-state index in [4.69, 9.17) is 4.42 Å². The monoisotopic (exact) mass is 409 g/mol. The predicted molar refractivity (Wildman–Crippen MR) is 108 cm³/mol. The molecule has 9 nitrogen and oxygen atoms in total. The van der Waals surface area contributed by atoms with Crippen molar-refractivity contribution in [3.8, 4) is 0 Å². The van der Waals surface area contributed by atoms with Crippen LogP contribution in [0.15, 0.2) is 47.1 Å². The molecule has 3 aromatic rings. The highest BCUT2D eigenvalue weighted by Gasteiger charge is 2.39. The van der Waals surface area contributed by atoms with E-state index in [1.807, 2.05) is 24.3 Å². The second-order valence-electron chi connectivity index (χ2n) is 7.47. The molecule has 0 saturated carbocycles. The highest BCUT2D eigenvalue weighted by molar-refractivity contribution is 6.05. The zero-order valence-electron chi connectivity index (χ0n) is 16.8. The van der Waals surface area contributed by atoms with Crippen LogP contribution in [0.1, 0.15) is 37.9 Å². The van der Waals surface area contributed by atoms with E-state index in [0.717, 1.165) is 21.8 Å². The van der Waals surface area contributed by atoms with Crippen molar-refractivity contribution in [1.29, 1.82) is 0 Å². The first-order valence-corrected chi connectivity index (χ1v) is 9.81. The number of urea groups is 1. The Labute approximate surface area is 173 Å². The Kier molecular flexibility index (Phi) is 5.26. The van der Waals surface area contributed by atoms with E-state index in [1.165, 1.54) is 6.26 Å². The first-order chi connectivity index (χ1) is 14.4. The molecule has 2 N–H and O–H groups in total. The number of fused-ring (bicyclic) bond motifs is 1. The van der Waals surface area contributed by atoms with E-state index >= 15 is 0 Å². The summed E-state index contributed by atoms with van der Waals surface area (Å²) in [4.78, 5) is 42.7. The van der Waals surface area contributed by atoms with Gasteiger partial charge >= 0.3 is 6.03 Å². The number of nitrogens with one attached hydrogen (secondary N) is 2. The normalized spacial score (nSPS) is 16.5. The molecular weight excluding hydrogens is 386 g/mol. The minimum absolute atomic E-state index is 0.0359. The maximum absolute atomic E-state index is 12.5. The van der Waals surface area contributed by atoms with E-state index in [0.29, 0.717) is 5.76 Å². The number of hydrogen-bond acceptors (Lipinski definition) is 5. The van der Waals surface area contributed by atoms with E-state index in [-0.39, 0.29) is 31.5 Å². The molecule has 1 saturated heterocycles. The molecule has 0 spiro atoms. The maximum atomic E-state index is 12.5. The molecule has 2 aromatic heterocycles. The largest absolute Gasteiger partial charge is 0.467 e. The fourth-order valence-electron chi connectivity index (χ4n) is 3.65. The molecule has 156 valence electrons. The zero-order valence-corrected chi connectivity index (χ0v) is 16.8. The lowest BCUT2D eigenvalue weighted by Gasteiger charge is -2.14. The number of carbonyl (C=O) groups is 3. The van der Waals surface area contributed by atoms with Gasteiger partial charge < -0.3 is 19.6 Å². The maximum Gasteiger partial charge on any atom is 0.325 e. The van der Waals surface area contributed by atoms with Crippen molar-refractivity contribution in [3.63, 3.8) is 0 Å². The van der Waals surface area contributed by atoms with Crippen LogP contribution in [0, 0.1) is 0 Å². The number of imidazole rings is 1. The van der Waals surface area contributed by atoms with Crippen molar-refractivity contribution in [2.45, 2.75) is 45.4 Å². The lowest BCUT2D eigenvalue weighted by atomic mass is 10.2. The van der Waals surface area contributed by atoms with Crippen molar-refractivity contribution in [2.24, 2.45) is 0 Å². The molecule has 0 aliphatic carbocycles. The summed E-state index contributed by atoms with van der Waals surface area (Å²) >= 11 is 0. The lowest BCUT2D eigenvalue weighted by molar-refractivity contribution is -0.131. The molecule has 4 amide bonds. The van der Waals surface area contributed by atoms with Crippen LogP contribution in [0.25, 0.3) is 11.0 Å². The second kappa shape index (κ2) is 8.02. The van der Waals surface area contributed by atoms with Gasteiger partial charge in [-0.1, -0.05) is 12.1 Å². The van der Waals surface area contributed by atoms with Crippen molar-refractivity contribution >= 4 is 28.9 Å². The van der Waals surface area contributed by atoms with Crippen molar-refractivity contribution < 1.29 is 18.8 Å². The van der Waals surface area contributed by atoms with Gasteiger partial charge in [0, 0.05) is 6.04 Å². The third-order valence-electron chi connectivity index (χ3n) is 5.02. The number of benzene rings is 1. The average molecular weight is 409 g/mol. The molecule has 1 aliphatic heterocycles. The Morgan fingerprint density at radius 3 is 2.77 bits per heavy atom. The summed E-state index contributed by atoms with van der Waals surface area (Å²) in [5.41, 5.74) is 1.87. The number of aromatic nitrogens is 2. The molecule has 1 aliphatic rings. The number of furan rings is 1. The number of amides is 4. The number of carbonyl (C=O) groups excluding carboxylic acids is 3. The van der Waals surface area contributed by atoms with Crippen molar-refractivity contribution in [2.75, 3.05) is 0 Å². The Hall–Kier alpha value is -3.62. The molecule has 0 bridgehead atoms. The second-order valence-corrected chi connectivity index (χ2v) is 7.47. The highest BCUT2D eigenvalue weighted by Crippen LogP contribution is 2.21. The van der Waals surface area contributed by atoms with Gasteiger partial charge in [-0.2, -0.15) is 0 Å². The standard InChI is InChI=1S/C21H23N5O4/c1-13(2)26-17-8-4-3-7-15(17)23-18(26)11-22-19(27)10-16-20(28)25(21(29)24-16)12-14-6-5-9-30-14/h3-9,13,16H,10-12H2,1-2H3,(H,22,27)(H,24,29)/t16-/m0/s1. The molecule has 1 aromatic carbocycles. The molecule has 0 radical (unpaired) electrons. The van der Waals surface area contributed by atoms with Crippen LogP contribution >= 0.6 is 0 Å². The van der Waals surface area contributed by atoms with Gasteiger partial charge in [-0.3, -0.25) is 14.5 Å². The Bertz CT molecular complexity index is 1090. The van der Waals surface area contributed by atoms with Gasteiger partial charge in [-0.15, -0.1) is 0 Å². The summed E-state index contributed by atoms with van der Waals surface area (Å²) < 4.78 is 7.26. The van der Waals surface area contributed by atoms with Gasteiger partial charge in [0.1, 0.15) is 17.6 Å². The predicted octanol–water partition coefficient (Wildman–Crippen LogP) is 2.34. The van der Waals surface area contributed by atoms with Crippen molar-refractivity contribution in [3.05, 3.63) is 54.2 Å². The minimum atomic E-state index is -0.892. The van der Waals surface area contributed by atoms with Crippen LogP contribution in [0.5, 0.6) is 0 Å². The first kappa shape index (κ1) is 19.7. The quantitative estimate of drug-likeness (QED) is 0.582. The Morgan fingerprint density at radius 2 is 2.03 bits per heavy atom. The molecule has 0 unspecified atom stereocenters. The SMILES string of the molecule is CC(C)n1c(CNC(=O)C[C@@H]2NC(=O)N(Cc3ccco3)C2=O)nc2ccccc21. The molecule has 1 atom stereocenters. The zero-order chi connectivity index (χ0) is 21.3. The highest BCUT2D eigenvalue weighted by atomic mass is 16.3. The Morgan fingerprint density at radius 1 is 1.23 bits per heavy atom. The Balaban J connectivity index is 1.39. The fraction of sp³-hybridized carbons (Fsp3) is 0.333. The van der Waals surface area contributed by atoms with E-state index in [1.54, 1.807) is 12.1 Å². The number of hydrogen-bond donors (Lipinski definition) is 2. The number of imide groups is 1. The van der Waals surface area contributed by atoms with E-state index < -0.39 is 18.0 Å². The molecule has 1 fully saturated rings. The summed E-state index contributed by atoms with van der Waals surface area (Å²) in [5, 5.41) is 5.38. The van der Waals surface area contributed by atoms with Gasteiger partial charge in [0.2, 0.25) is 5.91 Å². The smallest absolute Gasteiger partial charge is 0.325 e. The molecule has 4 rings (SSSR count). The number of nitrogens with zero attached hydrogens (tertiary/aromatic N) is 3. The van der Waals surface area contributed by atoms with Crippen LogP contribution < -0.4 is 10.6 Å². The summed E-state index contributed by atoms with van der Waals surface area (Å²) in [5.74, 6) is 0.453. The third-order valence-corrected chi connectivity index (χ3v) is 5.02. The third kappa shape index (κ3) is 3.78. The summed E-state index contributed by atoms with van der Waals surface area (Å²) in [6.07, 6.45) is 1.34. The van der Waals surface area contributed by atoms with Crippen LogP contribution in [0.2, 0.25) is 0 Å². The lowest BCUT2D eigenvalue weighted by Crippen LogP contribution is -2.36. The number of para-hydroxylation sites is 2. The van der Waals surface area contributed by atoms with Gasteiger partial charge in [0.25, 0.3) is 5.91 Å². The summed E-state index contributed by atoms with van der Waals surface area (Å²) in [6, 6.07) is 9.92. The van der Waals surface area contributed by atoms with Crippen LogP contribution in [-0.2, 0) is 22.7 Å². The van der Waals surface area contributed by atoms with Crippen LogP contribution in [0.4, 0.5) is 4.79 Å². The fourth-order valence-corrected chi connectivity index (χ4v) is 3.65. The summed E-state index contributed by atoms with van der Waals surface area (Å²) in [7, 11) is 0. The topological polar surface area (TPSA) is 109 Å². The van der Waals surface area contributed by atoms with Crippen LogP contribution in [0.3, 0.4) is 0 Å². The molecule has 3 heterocycles. The minimum Gasteiger partial charge on any atom is -0.467 e. The van der Waals surface area contributed by atoms with Gasteiger partial charge in [0.05, 0.1) is 36.8 Å². The van der Waals surface area contributed by atoms with E-state index in [9.17, 15) is 14.4 Å². The first-order valence-electron chi connectivity index (χ1n) is 9.81. The number of rotatable bonds is 7. The van der Waals surface area contributed by atoms with Gasteiger partial charge in [0.15, 0.2) is 0 Å². The van der Waals surface area contributed by atoms with Crippen LogP contribution in [-0.4, -0.2) is 38.3 Å². The van der Waals surface area contributed by atoms with Gasteiger partial charge in [-0.25, -0.2) is 9.78 Å². The molecule has 30 heavy (non-hydrogen) atoms. The molecule has 9 heteroatoms. The molecular formula is C21H23N5O4. The summed E-state index contributed by atoms with van der Waals surface area (Å²) in [6.45, 7) is 4.38.